The fourth-order valence-electron chi connectivity index (χ4n) is 1.31. The second kappa shape index (κ2) is 5.75. The Bertz CT molecular complexity index is 459. The number of hydrogen-bond acceptors (Lipinski definition) is 4. The number of benzene rings is 1. The lowest BCUT2D eigenvalue weighted by Crippen LogP contribution is -2.09. The zero-order chi connectivity index (χ0) is 11.9. The Labute approximate surface area is 99.5 Å². The van der Waals surface area contributed by atoms with Crippen LogP contribution in [0, 0.1) is 0 Å². The van der Waals surface area contributed by atoms with Crippen LogP contribution in [-0.4, -0.2) is 23.3 Å². The van der Waals surface area contributed by atoms with Crippen molar-refractivity contribution in [1.29, 1.82) is 0 Å². The second-order valence-corrected chi connectivity index (χ2v) is 3.33. The predicted molar refractivity (Wildman–Crippen MR) is 63.3 cm³/mol. The molecule has 2 rings (SSSR count). The van der Waals surface area contributed by atoms with Crippen LogP contribution in [0.15, 0.2) is 48.7 Å². The molecule has 1 heterocycles. The second-order valence-electron chi connectivity index (χ2n) is 3.33. The summed E-state index contributed by atoms with van der Waals surface area (Å²) < 4.78 is 10.7. The van der Waals surface area contributed by atoms with E-state index >= 15 is 0 Å². The van der Waals surface area contributed by atoms with E-state index in [2.05, 4.69) is 4.98 Å². The maximum Gasteiger partial charge on any atom is 0.213 e. The summed E-state index contributed by atoms with van der Waals surface area (Å²) in [6, 6.07) is 12.3. The molecule has 0 aliphatic rings. The molecule has 0 atom stereocenters. The highest BCUT2D eigenvalue weighted by molar-refractivity contribution is 5.37. The minimum Gasteiger partial charge on any atom is -0.504 e. The molecular formula is C13H13NO3. The van der Waals surface area contributed by atoms with Crippen LogP contribution >= 0.6 is 0 Å². The summed E-state index contributed by atoms with van der Waals surface area (Å²) >= 11 is 0. The number of ether oxygens (including phenoxy) is 2. The number of para-hydroxylation sites is 2. The van der Waals surface area contributed by atoms with Crippen LogP contribution < -0.4 is 9.47 Å². The van der Waals surface area contributed by atoms with Crippen molar-refractivity contribution in [2.45, 2.75) is 0 Å². The van der Waals surface area contributed by atoms with Gasteiger partial charge >= 0.3 is 0 Å². The summed E-state index contributed by atoms with van der Waals surface area (Å²) in [5.41, 5.74) is 0. The van der Waals surface area contributed by atoms with Crippen molar-refractivity contribution in [3.8, 4) is 17.4 Å². The molecule has 4 heteroatoms. The normalized spacial score (nSPS) is 9.88. The lowest BCUT2D eigenvalue weighted by molar-refractivity contribution is 0.207. The van der Waals surface area contributed by atoms with Crippen LogP contribution in [0.3, 0.4) is 0 Å². The molecule has 1 aromatic carbocycles. The van der Waals surface area contributed by atoms with Gasteiger partial charge in [-0.1, -0.05) is 18.2 Å². The van der Waals surface area contributed by atoms with Gasteiger partial charge in [-0.15, -0.1) is 0 Å². The maximum absolute atomic E-state index is 9.45. The minimum absolute atomic E-state index is 0.130. The average Bonchev–Trinajstić information content (AvgIpc) is 2.38. The third-order valence-corrected chi connectivity index (χ3v) is 2.09. The number of pyridine rings is 1. The number of hydrogen-bond donors (Lipinski definition) is 1. The van der Waals surface area contributed by atoms with E-state index in [0.717, 1.165) is 0 Å². The summed E-state index contributed by atoms with van der Waals surface area (Å²) in [6.07, 6.45) is 1.67. The number of phenols is 1. The smallest absolute Gasteiger partial charge is 0.213 e. The Balaban J connectivity index is 1.76. The van der Waals surface area contributed by atoms with E-state index in [0.29, 0.717) is 24.8 Å². The van der Waals surface area contributed by atoms with Gasteiger partial charge in [-0.2, -0.15) is 0 Å². The number of aromatic hydroxyl groups is 1. The van der Waals surface area contributed by atoms with E-state index < -0.39 is 0 Å². The van der Waals surface area contributed by atoms with Gasteiger partial charge < -0.3 is 14.6 Å². The summed E-state index contributed by atoms with van der Waals surface area (Å²) in [5.74, 6) is 1.15. The summed E-state index contributed by atoms with van der Waals surface area (Å²) in [5, 5.41) is 9.45. The molecule has 0 spiro atoms. The quantitative estimate of drug-likeness (QED) is 0.802. The lowest BCUT2D eigenvalue weighted by atomic mass is 10.3. The third kappa shape index (κ3) is 3.38. The van der Waals surface area contributed by atoms with Crippen LogP contribution in [0.5, 0.6) is 17.4 Å². The van der Waals surface area contributed by atoms with Crippen LogP contribution in [0.25, 0.3) is 0 Å². The molecule has 88 valence electrons. The first-order chi connectivity index (χ1) is 8.36. The van der Waals surface area contributed by atoms with Crippen molar-refractivity contribution >= 4 is 0 Å². The molecule has 0 bridgehead atoms. The Morgan fingerprint density at radius 2 is 1.71 bits per heavy atom. The Hall–Kier alpha value is -2.23. The molecular weight excluding hydrogens is 218 g/mol. The van der Waals surface area contributed by atoms with Gasteiger partial charge in [-0.3, -0.25) is 0 Å². The highest BCUT2D eigenvalue weighted by atomic mass is 16.5. The fourth-order valence-corrected chi connectivity index (χ4v) is 1.31. The molecule has 0 fully saturated rings. The highest BCUT2D eigenvalue weighted by Crippen LogP contribution is 2.23. The van der Waals surface area contributed by atoms with Crippen molar-refractivity contribution in [1.82, 2.24) is 4.98 Å². The van der Waals surface area contributed by atoms with Crippen molar-refractivity contribution in [3.05, 3.63) is 48.7 Å². The maximum atomic E-state index is 9.45. The first-order valence-electron chi connectivity index (χ1n) is 5.31. The molecule has 1 aromatic heterocycles. The molecule has 1 N–H and O–H groups in total. The monoisotopic (exact) mass is 231 g/mol. The summed E-state index contributed by atoms with van der Waals surface area (Å²) in [6.45, 7) is 0.736. The molecule has 17 heavy (non-hydrogen) atoms. The minimum atomic E-state index is 0.130. The molecule has 0 saturated heterocycles. The molecule has 0 aliphatic carbocycles. The lowest BCUT2D eigenvalue weighted by Gasteiger charge is -2.08. The van der Waals surface area contributed by atoms with E-state index in [1.54, 1.807) is 36.5 Å². The SMILES string of the molecule is Oc1ccccc1OCCOc1ccccn1. The van der Waals surface area contributed by atoms with E-state index in [4.69, 9.17) is 9.47 Å². The zero-order valence-corrected chi connectivity index (χ0v) is 9.24. The molecule has 0 saturated carbocycles. The number of rotatable bonds is 5. The van der Waals surface area contributed by atoms with Crippen LogP contribution in [0.1, 0.15) is 0 Å². The number of nitrogens with zero attached hydrogens (tertiary/aromatic N) is 1. The average molecular weight is 231 g/mol. The highest BCUT2D eigenvalue weighted by Gasteiger charge is 2.00. The molecule has 0 aliphatic heterocycles. The largest absolute Gasteiger partial charge is 0.504 e. The first-order valence-corrected chi connectivity index (χ1v) is 5.31. The van der Waals surface area contributed by atoms with Gasteiger partial charge in [0.15, 0.2) is 11.5 Å². The molecule has 2 aromatic rings. The van der Waals surface area contributed by atoms with Gasteiger partial charge in [0.1, 0.15) is 13.2 Å². The summed E-state index contributed by atoms with van der Waals surface area (Å²) in [7, 11) is 0. The molecule has 4 nitrogen and oxygen atoms in total. The number of aromatic nitrogens is 1. The Morgan fingerprint density at radius 1 is 0.941 bits per heavy atom. The third-order valence-electron chi connectivity index (χ3n) is 2.09. The van der Waals surface area contributed by atoms with Crippen molar-refractivity contribution in [2.24, 2.45) is 0 Å². The van der Waals surface area contributed by atoms with Gasteiger partial charge in [0.2, 0.25) is 5.88 Å². The van der Waals surface area contributed by atoms with Crippen molar-refractivity contribution in [3.63, 3.8) is 0 Å². The van der Waals surface area contributed by atoms with Crippen molar-refractivity contribution in [2.75, 3.05) is 13.2 Å². The van der Waals surface area contributed by atoms with Gasteiger partial charge in [-0.25, -0.2) is 4.98 Å². The van der Waals surface area contributed by atoms with Crippen LogP contribution in [-0.2, 0) is 0 Å². The Kier molecular flexibility index (Phi) is 3.81. The fraction of sp³-hybridized carbons (Fsp3) is 0.154. The standard InChI is InChI=1S/C13H13NO3/c15-11-5-1-2-6-12(11)16-9-10-17-13-7-3-4-8-14-13/h1-8,15H,9-10H2. The number of phenolic OH excluding ortho intramolecular Hbond substituents is 1. The van der Waals surface area contributed by atoms with Gasteiger partial charge in [0.25, 0.3) is 0 Å². The van der Waals surface area contributed by atoms with Crippen molar-refractivity contribution < 1.29 is 14.6 Å². The molecule has 0 amide bonds. The van der Waals surface area contributed by atoms with Crippen LogP contribution in [0.4, 0.5) is 0 Å². The van der Waals surface area contributed by atoms with Crippen LogP contribution in [0.2, 0.25) is 0 Å². The van der Waals surface area contributed by atoms with E-state index in [9.17, 15) is 5.11 Å². The Morgan fingerprint density at radius 3 is 2.47 bits per heavy atom. The first kappa shape index (κ1) is 11.3. The van der Waals surface area contributed by atoms with E-state index in [1.165, 1.54) is 0 Å². The summed E-state index contributed by atoms with van der Waals surface area (Å²) in [4.78, 5) is 4.01. The van der Waals surface area contributed by atoms with Gasteiger partial charge in [-0.05, 0) is 18.2 Å². The van der Waals surface area contributed by atoms with Gasteiger partial charge in [0, 0.05) is 12.3 Å². The van der Waals surface area contributed by atoms with E-state index in [-0.39, 0.29) is 5.75 Å². The van der Waals surface area contributed by atoms with Gasteiger partial charge in [0.05, 0.1) is 0 Å². The molecule has 0 radical (unpaired) electrons. The molecule has 0 unspecified atom stereocenters. The zero-order valence-electron chi connectivity index (χ0n) is 9.24. The predicted octanol–water partition coefficient (Wildman–Crippen LogP) is 2.24. The topological polar surface area (TPSA) is 51.6 Å². The van der Waals surface area contributed by atoms with E-state index in [1.807, 2.05) is 12.1 Å².